The summed E-state index contributed by atoms with van der Waals surface area (Å²) in [6.45, 7) is 2.88. The van der Waals surface area contributed by atoms with Gasteiger partial charge < -0.3 is 5.73 Å². The summed E-state index contributed by atoms with van der Waals surface area (Å²) >= 11 is 0. The van der Waals surface area contributed by atoms with E-state index in [0.717, 1.165) is 6.42 Å². The number of nitrogens with two attached hydrogens (primary N) is 1. The van der Waals surface area contributed by atoms with Gasteiger partial charge in [-0.1, -0.05) is 12.0 Å². The molecule has 1 aromatic rings. The maximum atomic E-state index is 11.7. The van der Waals surface area contributed by atoms with Gasteiger partial charge in [0.2, 0.25) is 11.8 Å². The normalized spacial score (nSPS) is 19.9. The van der Waals surface area contributed by atoms with Gasteiger partial charge in [0.25, 0.3) is 5.95 Å². The van der Waals surface area contributed by atoms with E-state index >= 15 is 0 Å². The molecule has 2 heterocycles. The van der Waals surface area contributed by atoms with Crippen molar-refractivity contribution in [3.63, 3.8) is 0 Å². The van der Waals surface area contributed by atoms with Crippen LogP contribution in [0.15, 0.2) is 0 Å². The number of hydrogen-bond donors (Lipinski definition) is 1. The van der Waals surface area contributed by atoms with Gasteiger partial charge >= 0.3 is 0 Å². The number of tetrazole rings is 1. The van der Waals surface area contributed by atoms with E-state index in [-0.39, 0.29) is 24.8 Å². The second kappa shape index (κ2) is 4.48. The molecule has 1 atom stereocenters. The zero-order chi connectivity index (χ0) is 12.4. The molecule has 0 saturated carbocycles. The summed E-state index contributed by atoms with van der Waals surface area (Å²) in [5, 5.41) is 11.7. The van der Waals surface area contributed by atoms with Gasteiger partial charge in [-0.3, -0.25) is 14.5 Å². The van der Waals surface area contributed by atoms with Crippen molar-refractivity contribution in [2.24, 2.45) is 11.7 Å². The molecule has 1 saturated heterocycles. The molecular formula is C9H14N6O2. The molecule has 0 aromatic carbocycles. The monoisotopic (exact) mass is 238 g/mol. The molecule has 0 radical (unpaired) electrons. The molecule has 92 valence electrons. The maximum absolute atomic E-state index is 11.7. The Balaban J connectivity index is 2.11. The van der Waals surface area contributed by atoms with E-state index in [4.69, 9.17) is 5.73 Å². The minimum absolute atomic E-state index is 0.123. The fraction of sp³-hybridized carbons (Fsp3) is 0.667. The average molecular weight is 238 g/mol. The van der Waals surface area contributed by atoms with Crippen molar-refractivity contribution < 1.29 is 9.59 Å². The van der Waals surface area contributed by atoms with Crippen LogP contribution in [0.5, 0.6) is 0 Å². The zero-order valence-electron chi connectivity index (χ0n) is 9.54. The van der Waals surface area contributed by atoms with Crippen molar-refractivity contribution in [1.82, 2.24) is 20.2 Å². The van der Waals surface area contributed by atoms with E-state index in [1.54, 1.807) is 0 Å². The topological polar surface area (TPSA) is 107 Å². The summed E-state index contributed by atoms with van der Waals surface area (Å²) in [5.41, 5.74) is 5.17. The molecule has 8 nitrogen and oxygen atoms in total. The van der Waals surface area contributed by atoms with Crippen molar-refractivity contribution in [3.8, 4) is 0 Å². The van der Waals surface area contributed by atoms with Crippen LogP contribution in [0.25, 0.3) is 0 Å². The summed E-state index contributed by atoms with van der Waals surface area (Å²) in [4.78, 5) is 25.5. The van der Waals surface area contributed by atoms with Crippen LogP contribution in [0.1, 0.15) is 19.8 Å². The molecule has 8 heteroatoms. The van der Waals surface area contributed by atoms with Gasteiger partial charge in [-0.25, -0.2) is 0 Å². The summed E-state index contributed by atoms with van der Waals surface area (Å²) in [5.74, 6) is -0.875. The molecule has 17 heavy (non-hydrogen) atoms. The number of carbonyl (C=O) groups excluding carboxylic acids is 2. The minimum Gasteiger partial charge on any atom is -0.369 e. The highest BCUT2D eigenvalue weighted by atomic mass is 16.2. The zero-order valence-corrected chi connectivity index (χ0v) is 9.54. The van der Waals surface area contributed by atoms with Crippen molar-refractivity contribution >= 4 is 17.8 Å². The largest absolute Gasteiger partial charge is 0.369 e. The lowest BCUT2D eigenvalue weighted by atomic mass is 10.1. The minimum atomic E-state index is -0.471. The van der Waals surface area contributed by atoms with Crippen LogP contribution < -0.4 is 10.6 Å². The van der Waals surface area contributed by atoms with Gasteiger partial charge in [0.1, 0.15) is 0 Å². The molecule has 2 N–H and O–H groups in total. The van der Waals surface area contributed by atoms with E-state index < -0.39 is 11.8 Å². The Morgan fingerprint density at radius 2 is 2.35 bits per heavy atom. The van der Waals surface area contributed by atoms with Crippen LogP contribution >= 0.6 is 0 Å². The Morgan fingerprint density at radius 1 is 1.59 bits per heavy atom. The van der Waals surface area contributed by atoms with E-state index in [1.807, 2.05) is 6.92 Å². The molecule has 0 aliphatic carbocycles. The third-order valence-electron chi connectivity index (χ3n) is 2.63. The van der Waals surface area contributed by atoms with Gasteiger partial charge in [-0.2, -0.15) is 4.80 Å². The van der Waals surface area contributed by atoms with Gasteiger partial charge in [0.15, 0.2) is 0 Å². The molecular weight excluding hydrogens is 224 g/mol. The SMILES string of the molecule is CCCn1nnc(N2C[C@@H](C(N)=O)CC2=O)n1. The Bertz CT molecular complexity index is 442. The number of anilines is 1. The highest BCUT2D eigenvalue weighted by molar-refractivity contribution is 5.98. The molecule has 1 fully saturated rings. The molecule has 1 aliphatic rings. The highest BCUT2D eigenvalue weighted by Crippen LogP contribution is 2.21. The Morgan fingerprint density at radius 3 is 2.94 bits per heavy atom. The third kappa shape index (κ3) is 2.24. The first-order valence-corrected chi connectivity index (χ1v) is 5.49. The van der Waals surface area contributed by atoms with Crippen LogP contribution in [0.4, 0.5) is 5.95 Å². The fourth-order valence-corrected chi connectivity index (χ4v) is 1.73. The maximum Gasteiger partial charge on any atom is 0.272 e. The lowest BCUT2D eigenvalue weighted by Crippen LogP contribution is -2.29. The number of amides is 2. The Kier molecular flexibility index (Phi) is 3.03. The number of aromatic nitrogens is 4. The van der Waals surface area contributed by atoms with Gasteiger partial charge in [0.05, 0.1) is 12.5 Å². The van der Waals surface area contributed by atoms with E-state index in [1.165, 1.54) is 9.70 Å². The molecule has 0 spiro atoms. The summed E-state index contributed by atoms with van der Waals surface area (Å²) in [7, 11) is 0. The summed E-state index contributed by atoms with van der Waals surface area (Å²) in [6.07, 6.45) is 1.01. The summed E-state index contributed by atoms with van der Waals surface area (Å²) < 4.78 is 0. The summed E-state index contributed by atoms with van der Waals surface area (Å²) in [6, 6.07) is 0. The average Bonchev–Trinajstić information content (AvgIpc) is 2.85. The fourth-order valence-electron chi connectivity index (χ4n) is 1.73. The standard InChI is InChI=1S/C9H14N6O2/c1-2-3-15-12-9(11-13-15)14-5-6(8(10)17)4-7(14)16/h6H,2-5H2,1H3,(H2,10,17)/t6-/m0/s1. The van der Waals surface area contributed by atoms with Crippen molar-refractivity contribution in [1.29, 1.82) is 0 Å². The lowest BCUT2D eigenvalue weighted by molar-refractivity contribution is -0.123. The first-order chi connectivity index (χ1) is 8.11. The van der Waals surface area contributed by atoms with Gasteiger partial charge in [-0.15, -0.1) is 5.10 Å². The number of primary amides is 1. The van der Waals surface area contributed by atoms with Crippen LogP contribution in [-0.2, 0) is 16.1 Å². The van der Waals surface area contributed by atoms with Crippen LogP contribution in [-0.4, -0.2) is 38.6 Å². The Hall–Kier alpha value is -1.99. The molecule has 2 rings (SSSR count). The van der Waals surface area contributed by atoms with E-state index in [0.29, 0.717) is 6.54 Å². The van der Waals surface area contributed by atoms with Crippen molar-refractivity contribution in [2.45, 2.75) is 26.3 Å². The molecule has 0 unspecified atom stereocenters. The molecule has 0 bridgehead atoms. The molecule has 1 aliphatic heterocycles. The first kappa shape index (κ1) is 11.5. The number of rotatable bonds is 4. The molecule has 2 amide bonds. The lowest BCUT2D eigenvalue weighted by Gasteiger charge is -2.09. The number of hydrogen-bond acceptors (Lipinski definition) is 5. The molecule has 1 aromatic heterocycles. The van der Waals surface area contributed by atoms with Gasteiger partial charge in [0, 0.05) is 13.0 Å². The number of aryl methyl sites for hydroxylation is 1. The number of carbonyl (C=O) groups is 2. The van der Waals surface area contributed by atoms with Gasteiger partial charge in [-0.05, 0) is 11.6 Å². The predicted molar refractivity (Wildman–Crippen MR) is 57.8 cm³/mol. The van der Waals surface area contributed by atoms with Crippen molar-refractivity contribution in [2.75, 3.05) is 11.4 Å². The van der Waals surface area contributed by atoms with E-state index in [9.17, 15) is 9.59 Å². The van der Waals surface area contributed by atoms with Crippen LogP contribution in [0.3, 0.4) is 0 Å². The first-order valence-electron chi connectivity index (χ1n) is 5.49. The Labute approximate surface area is 97.8 Å². The van der Waals surface area contributed by atoms with E-state index in [2.05, 4.69) is 15.4 Å². The second-order valence-corrected chi connectivity index (χ2v) is 3.99. The number of nitrogens with zero attached hydrogens (tertiary/aromatic N) is 5. The third-order valence-corrected chi connectivity index (χ3v) is 2.63. The second-order valence-electron chi connectivity index (χ2n) is 3.99. The van der Waals surface area contributed by atoms with Crippen LogP contribution in [0, 0.1) is 5.92 Å². The quantitative estimate of drug-likeness (QED) is 0.718. The van der Waals surface area contributed by atoms with Crippen LogP contribution in [0.2, 0.25) is 0 Å². The van der Waals surface area contributed by atoms with Crippen molar-refractivity contribution in [3.05, 3.63) is 0 Å². The predicted octanol–water partition coefficient (Wildman–Crippen LogP) is -1.08. The highest BCUT2D eigenvalue weighted by Gasteiger charge is 2.36. The smallest absolute Gasteiger partial charge is 0.272 e.